The summed E-state index contributed by atoms with van der Waals surface area (Å²) >= 11 is 0. The highest BCUT2D eigenvalue weighted by Gasteiger charge is 2.31. The van der Waals surface area contributed by atoms with E-state index in [-0.39, 0.29) is 6.10 Å². The minimum atomic E-state index is 0.246. The van der Waals surface area contributed by atoms with E-state index in [9.17, 15) is 0 Å². The molecule has 1 fully saturated rings. The van der Waals surface area contributed by atoms with Crippen LogP contribution in [0.5, 0.6) is 11.5 Å². The van der Waals surface area contributed by atoms with Crippen LogP contribution in [0.1, 0.15) is 42.5 Å². The summed E-state index contributed by atoms with van der Waals surface area (Å²) in [6.45, 7) is 5.74. The predicted octanol–water partition coefficient (Wildman–Crippen LogP) is 2.62. The van der Waals surface area contributed by atoms with Crippen LogP contribution in [-0.2, 0) is 26.6 Å². The fourth-order valence-corrected chi connectivity index (χ4v) is 3.54. The number of fused-ring (bicyclic) bond motifs is 1. The molecule has 1 saturated carbocycles. The second kappa shape index (κ2) is 6.33. The van der Waals surface area contributed by atoms with Crippen molar-refractivity contribution in [2.45, 2.75) is 58.3 Å². The van der Waals surface area contributed by atoms with Crippen molar-refractivity contribution in [3.8, 4) is 11.5 Å². The van der Waals surface area contributed by atoms with Crippen molar-refractivity contribution in [3.05, 3.63) is 34.9 Å². The third-order valence-electron chi connectivity index (χ3n) is 5.26. The van der Waals surface area contributed by atoms with Gasteiger partial charge in [-0.2, -0.15) is 0 Å². The van der Waals surface area contributed by atoms with E-state index in [2.05, 4.69) is 38.7 Å². The van der Waals surface area contributed by atoms with E-state index < -0.39 is 0 Å². The molecule has 2 heterocycles. The highest BCUT2D eigenvalue weighted by atomic mass is 16.5. The van der Waals surface area contributed by atoms with Crippen LogP contribution in [0, 0.1) is 6.92 Å². The van der Waals surface area contributed by atoms with Gasteiger partial charge in [0.1, 0.15) is 29.3 Å². The Morgan fingerprint density at radius 3 is 2.72 bits per heavy atom. The summed E-state index contributed by atoms with van der Waals surface area (Å²) in [5.74, 6) is 3.92. The van der Waals surface area contributed by atoms with E-state index in [0.29, 0.717) is 6.04 Å². The Balaban J connectivity index is 1.58. The number of nitrogens with zero attached hydrogens (tertiary/aromatic N) is 4. The SMILES string of the molecule is COc1cc2c(cc1CN(Cc1nnc(C)n1C)C1CC1)O[C@H](C)C2. The zero-order valence-corrected chi connectivity index (χ0v) is 15.5. The van der Waals surface area contributed by atoms with Gasteiger partial charge in [0.25, 0.3) is 0 Å². The molecule has 1 aliphatic heterocycles. The maximum atomic E-state index is 5.94. The largest absolute Gasteiger partial charge is 0.496 e. The van der Waals surface area contributed by atoms with E-state index in [1.165, 1.54) is 24.0 Å². The molecule has 2 aromatic rings. The Hall–Kier alpha value is -2.08. The molecule has 4 rings (SSSR count). The van der Waals surface area contributed by atoms with Crippen LogP contribution in [0.4, 0.5) is 0 Å². The number of rotatable bonds is 6. The number of benzene rings is 1. The van der Waals surface area contributed by atoms with Crippen molar-refractivity contribution in [1.82, 2.24) is 19.7 Å². The van der Waals surface area contributed by atoms with Crippen LogP contribution >= 0.6 is 0 Å². The fraction of sp³-hybridized carbons (Fsp3) is 0.579. The third kappa shape index (κ3) is 3.23. The van der Waals surface area contributed by atoms with Gasteiger partial charge in [0.05, 0.1) is 13.7 Å². The Kier molecular flexibility index (Phi) is 4.15. The second-order valence-electron chi connectivity index (χ2n) is 7.26. The van der Waals surface area contributed by atoms with Gasteiger partial charge in [0, 0.05) is 37.2 Å². The van der Waals surface area contributed by atoms with Gasteiger partial charge in [-0.3, -0.25) is 4.90 Å². The number of methoxy groups -OCH3 is 1. The lowest BCUT2D eigenvalue weighted by molar-refractivity contribution is 0.231. The zero-order chi connectivity index (χ0) is 17.6. The number of aryl methyl sites for hydroxylation is 1. The number of hydrogen-bond donors (Lipinski definition) is 0. The summed E-state index contributed by atoms with van der Waals surface area (Å²) < 4.78 is 13.7. The summed E-state index contributed by atoms with van der Waals surface area (Å²) in [5, 5.41) is 8.52. The van der Waals surface area contributed by atoms with Crippen LogP contribution in [0.15, 0.2) is 12.1 Å². The lowest BCUT2D eigenvalue weighted by Crippen LogP contribution is -2.27. The molecule has 0 saturated heterocycles. The lowest BCUT2D eigenvalue weighted by Gasteiger charge is -2.23. The minimum absolute atomic E-state index is 0.246. The molecule has 25 heavy (non-hydrogen) atoms. The van der Waals surface area contributed by atoms with Gasteiger partial charge in [-0.05, 0) is 38.8 Å². The highest BCUT2D eigenvalue weighted by molar-refractivity contribution is 5.48. The van der Waals surface area contributed by atoms with Gasteiger partial charge in [0.2, 0.25) is 0 Å². The summed E-state index contributed by atoms with van der Waals surface area (Å²) in [5.41, 5.74) is 2.43. The van der Waals surface area contributed by atoms with E-state index in [1.54, 1.807) is 7.11 Å². The predicted molar refractivity (Wildman–Crippen MR) is 94.8 cm³/mol. The minimum Gasteiger partial charge on any atom is -0.496 e. The van der Waals surface area contributed by atoms with E-state index in [1.807, 2.05) is 14.0 Å². The van der Waals surface area contributed by atoms with Crippen molar-refractivity contribution in [2.24, 2.45) is 7.05 Å². The van der Waals surface area contributed by atoms with E-state index in [4.69, 9.17) is 9.47 Å². The Morgan fingerprint density at radius 2 is 2.08 bits per heavy atom. The molecule has 0 bridgehead atoms. The second-order valence-corrected chi connectivity index (χ2v) is 7.26. The van der Waals surface area contributed by atoms with Gasteiger partial charge < -0.3 is 14.0 Å². The van der Waals surface area contributed by atoms with Gasteiger partial charge >= 0.3 is 0 Å². The molecule has 0 radical (unpaired) electrons. The highest BCUT2D eigenvalue weighted by Crippen LogP contribution is 2.37. The molecule has 0 unspecified atom stereocenters. The first-order valence-corrected chi connectivity index (χ1v) is 9.00. The number of ether oxygens (including phenoxy) is 2. The molecule has 1 aromatic heterocycles. The Morgan fingerprint density at radius 1 is 1.28 bits per heavy atom. The number of aromatic nitrogens is 3. The van der Waals surface area contributed by atoms with Crippen LogP contribution in [0.2, 0.25) is 0 Å². The quantitative estimate of drug-likeness (QED) is 0.808. The van der Waals surface area contributed by atoms with Crippen LogP contribution in [0.3, 0.4) is 0 Å². The molecule has 2 aliphatic rings. The average molecular weight is 342 g/mol. The van der Waals surface area contributed by atoms with Crippen molar-refractivity contribution in [2.75, 3.05) is 7.11 Å². The first-order chi connectivity index (χ1) is 12.0. The molecular formula is C19H26N4O2. The Labute approximate surface area is 148 Å². The van der Waals surface area contributed by atoms with Crippen molar-refractivity contribution < 1.29 is 9.47 Å². The molecule has 134 valence electrons. The van der Waals surface area contributed by atoms with Gasteiger partial charge in [-0.25, -0.2) is 0 Å². The Bertz CT molecular complexity index is 782. The molecule has 1 aromatic carbocycles. The summed E-state index contributed by atoms with van der Waals surface area (Å²) in [7, 11) is 3.78. The van der Waals surface area contributed by atoms with Gasteiger partial charge in [-0.15, -0.1) is 10.2 Å². The van der Waals surface area contributed by atoms with E-state index >= 15 is 0 Å². The molecule has 6 nitrogen and oxygen atoms in total. The van der Waals surface area contributed by atoms with Gasteiger partial charge in [0.15, 0.2) is 0 Å². The van der Waals surface area contributed by atoms with Crippen LogP contribution in [-0.4, -0.2) is 38.9 Å². The maximum absolute atomic E-state index is 5.94. The maximum Gasteiger partial charge on any atom is 0.146 e. The zero-order valence-electron chi connectivity index (χ0n) is 15.5. The molecular weight excluding hydrogens is 316 g/mol. The molecule has 1 aliphatic carbocycles. The standard InChI is InChI=1S/C19H26N4O2/c1-12-7-14-8-17(24-4)15(9-18(14)25-12)10-23(16-5-6-16)11-19-21-20-13(2)22(19)3/h8-9,12,16H,5-7,10-11H2,1-4H3/t12-/m1/s1. The summed E-state index contributed by atoms with van der Waals surface area (Å²) in [4.78, 5) is 2.48. The monoisotopic (exact) mass is 342 g/mol. The fourth-order valence-electron chi connectivity index (χ4n) is 3.54. The van der Waals surface area contributed by atoms with Crippen LogP contribution in [0.25, 0.3) is 0 Å². The van der Waals surface area contributed by atoms with Crippen molar-refractivity contribution in [3.63, 3.8) is 0 Å². The van der Waals surface area contributed by atoms with Crippen molar-refractivity contribution >= 4 is 0 Å². The van der Waals surface area contributed by atoms with Crippen molar-refractivity contribution in [1.29, 1.82) is 0 Å². The van der Waals surface area contributed by atoms with Crippen LogP contribution < -0.4 is 9.47 Å². The lowest BCUT2D eigenvalue weighted by atomic mass is 10.1. The first-order valence-electron chi connectivity index (χ1n) is 9.00. The summed E-state index contributed by atoms with van der Waals surface area (Å²) in [6.07, 6.45) is 3.70. The molecule has 0 spiro atoms. The molecule has 6 heteroatoms. The normalized spacial score (nSPS) is 19.2. The third-order valence-corrected chi connectivity index (χ3v) is 5.26. The van der Waals surface area contributed by atoms with E-state index in [0.717, 1.165) is 42.7 Å². The first kappa shape index (κ1) is 16.4. The topological polar surface area (TPSA) is 52.4 Å². The summed E-state index contributed by atoms with van der Waals surface area (Å²) in [6, 6.07) is 4.93. The van der Waals surface area contributed by atoms with Gasteiger partial charge in [-0.1, -0.05) is 0 Å². The molecule has 1 atom stereocenters. The smallest absolute Gasteiger partial charge is 0.146 e. The number of hydrogen-bond acceptors (Lipinski definition) is 5. The molecule has 0 N–H and O–H groups in total. The molecule has 0 amide bonds. The average Bonchev–Trinajstić information content (AvgIpc) is 3.31.